The number of nitrogens with zero attached hydrogens (tertiary/aromatic N) is 2. The van der Waals surface area contributed by atoms with E-state index in [1.807, 2.05) is 13.8 Å². The Balaban J connectivity index is 1.96. The van der Waals surface area contributed by atoms with Crippen molar-refractivity contribution in [2.45, 2.75) is 52.4 Å². The molecule has 138 valence electrons. The van der Waals surface area contributed by atoms with E-state index in [2.05, 4.69) is 11.9 Å². The fraction of sp³-hybridized carbons (Fsp3) is 0.500. The molecule has 1 saturated carbocycles. The smallest absolute Gasteiger partial charge is 0.152 e. The molecule has 1 aliphatic rings. The molecule has 0 aliphatic heterocycles. The summed E-state index contributed by atoms with van der Waals surface area (Å²) in [5, 5.41) is 1.23. The highest BCUT2D eigenvalue weighted by Gasteiger charge is 2.35. The Labute approximate surface area is 163 Å². The normalized spacial score (nSPS) is 20.9. The van der Waals surface area contributed by atoms with E-state index in [9.17, 15) is 9.59 Å². The first-order chi connectivity index (χ1) is 12.4. The summed E-state index contributed by atoms with van der Waals surface area (Å²) in [6, 6.07) is 1.80. The minimum atomic E-state index is -0.759. The van der Waals surface area contributed by atoms with Crippen LogP contribution in [-0.4, -0.2) is 22.0 Å². The summed E-state index contributed by atoms with van der Waals surface area (Å²) in [6.45, 7) is 6.15. The Bertz CT molecular complexity index is 833. The average Bonchev–Trinajstić information content (AvgIpc) is 3.22. The Morgan fingerprint density at radius 3 is 2.81 bits per heavy atom. The summed E-state index contributed by atoms with van der Waals surface area (Å²) in [5.74, 6) is -0.197. The summed E-state index contributed by atoms with van der Waals surface area (Å²) in [6.07, 6.45) is 6.03. The second kappa shape index (κ2) is 7.97. The standard InChI is InChI=1S/C20H23ClN2O2S/c1-4-16-18(15(10-24)19(25)13-6-5-11(2)7-13)23-20(26-16)14-9-22-17(21)8-12(14)3/h8-11,13,15H,4-7H2,1-3H3/t11-,13-,15?/m1/s1. The third-order valence-electron chi connectivity index (χ3n) is 5.19. The summed E-state index contributed by atoms with van der Waals surface area (Å²) in [4.78, 5) is 34.6. The number of aryl methyl sites for hydroxylation is 2. The second-order valence-electron chi connectivity index (χ2n) is 7.13. The molecule has 1 unspecified atom stereocenters. The van der Waals surface area contributed by atoms with Crippen molar-refractivity contribution >= 4 is 35.0 Å². The number of hydrogen-bond donors (Lipinski definition) is 0. The number of aromatic nitrogens is 2. The van der Waals surface area contributed by atoms with E-state index in [0.717, 1.165) is 53.0 Å². The van der Waals surface area contributed by atoms with Crippen LogP contribution >= 0.6 is 22.9 Å². The summed E-state index contributed by atoms with van der Waals surface area (Å²) >= 11 is 7.48. The highest BCUT2D eigenvalue weighted by molar-refractivity contribution is 7.15. The lowest BCUT2D eigenvalue weighted by Gasteiger charge is -2.14. The van der Waals surface area contributed by atoms with Crippen molar-refractivity contribution in [3.63, 3.8) is 0 Å². The zero-order valence-corrected chi connectivity index (χ0v) is 16.9. The molecule has 26 heavy (non-hydrogen) atoms. The molecule has 6 heteroatoms. The van der Waals surface area contributed by atoms with Gasteiger partial charge in [-0.25, -0.2) is 9.97 Å². The lowest BCUT2D eigenvalue weighted by atomic mass is 9.89. The summed E-state index contributed by atoms with van der Waals surface area (Å²) in [7, 11) is 0. The van der Waals surface area contributed by atoms with E-state index >= 15 is 0 Å². The van der Waals surface area contributed by atoms with Crippen molar-refractivity contribution in [1.82, 2.24) is 9.97 Å². The van der Waals surface area contributed by atoms with Gasteiger partial charge in [-0.15, -0.1) is 11.3 Å². The number of carbonyl (C=O) groups is 2. The summed E-state index contributed by atoms with van der Waals surface area (Å²) in [5.41, 5.74) is 2.50. The summed E-state index contributed by atoms with van der Waals surface area (Å²) < 4.78 is 0. The molecule has 4 nitrogen and oxygen atoms in total. The third-order valence-corrected chi connectivity index (χ3v) is 6.65. The van der Waals surface area contributed by atoms with Crippen molar-refractivity contribution in [3.05, 3.63) is 33.6 Å². The highest BCUT2D eigenvalue weighted by Crippen LogP contribution is 2.38. The lowest BCUT2D eigenvalue weighted by molar-refractivity contribution is -0.127. The molecule has 2 aromatic heterocycles. The number of hydrogen-bond acceptors (Lipinski definition) is 5. The molecule has 0 bridgehead atoms. The van der Waals surface area contributed by atoms with E-state index in [0.29, 0.717) is 16.8 Å². The van der Waals surface area contributed by atoms with Gasteiger partial charge in [0.05, 0.1) is 5.69 Å². The molecule has 0 amide bonds. The zero-order valence-electron chi connectivity index (χ0n) is 15.3. The maximum absolute atomic E-state index is 13.0. The van der Waals surface area contributed by atoms with Crippen molar-refractivity contribution in [2.24, 2.45) is 11.8 Å². The number of rotatable bonds is 6. The molecule has 0 aromatic carbocycles. The fourth-order valence-electron chi connectivity index (χ4n) is 3.71. The van der Waals surface area contributed by atoms with Gasteiger partial charge < -0.3 is 4.79 Å². The van der Waals surface area contributed by atoms with E-state index in [-0.39, 0.29) is 11.7 Å². The van der Waals surface area contributed by atoms with E-state index in [1.54, 1.807) is 12.3 Å². The third kappa shape index (κ3) is 3.74. The van der Waals surface area contributed by atoms with Gasteiger partial charge in [-0.05, 0) is 50.2 Å². The van der Waals surface area contributed by atoms with Crippen LogP contribution in [0.15, 0.2) is 12.3 Å². The molecule has 3 rings (SSSR count). The zero-order chi connectivity index (χ0) is 18.8. The largest absolute Gasteiger partial charge is 0.302 e. The minimum Gasteiger partial charge on any atom is -0.302 e. The number of ketones is 1. The SMILES string of the molecule is CCc1sc(-c2cnc(Cl)cc2C)nc1C(C=O)C(=O)[C@@H]1CC[C@@H](C)C1. The Morgan fingerprint density at radius 1 is 1.46 bits per heavy atom. The van der Waals surface area contributed by atoms with Crippen LogP contribution in [0.4, 0.5) is 0 Å². The quantitative estimate of drug-likeness (QED) is 0.395. The van der Waals surface area contributed by atoms with Gasteiger partial charge in [0.15, 0.2) is 5.78 Å². The average molecular weight is 391 g/mol. The predicted molar refractivity (Wildman–Crippen MR) is 105 cm³/mol. The molecular formula is C20H23ClN2O2S. The molecule has 0 radical (unpaired) electrons. The molecule has 2 aromatic rings. The lowest BCUT2D eigenvalue weighted by Crippen LogP contribution is -2.22. The minimum absolute atomic E-state index is 0.0195. The Kier molecular flexibility index (Phi) is 5.88. The first-order valence-electron chi connectivity index (χ1n) is 9.05. The monoisotopic (exact) mass is 390 g/mol. The first kappa shape index (κ1) is 19.2. The van der Waals surface area contributed by atoms with Crippen molar-refractivity contribution < 1.29 is 9.59 Å². The van der Waals surface area contributed by atoms with Gasteiger partial charge in [-0.1, -0.05) is 25.4 Å². The maximum Gasteiger partial charge on any atom is 0.152 e. The molecule has 1 fully saturated rings. The second-order valence-corrected chi connectivity index (χ2v) is 8.61. The molecule has 3 atom stereocenters. The van der Waals surface area contributed by atoms with Crippen molar-refractivity contribution in [2.75, 3.05) is 0 Å². The van der Waals surface area contributed by atoms with Gasteiger partial charge in [0.25, 0.3) is 0 Å². The molecule has 0 N–H and O–H groups in total. The van der Waals surface area contributed by atoms with Gasteiger partial charge >= 0.3 is 0 Å². The predicted octanol–water partition coefficient (Wildman–Crippen LogP) is 5.02. The van der Waals surface area contributed by atoms with E-state index < -0.39 is 5.92 Å². The number of carbonyl (C=O) groups excluding carboxylic acids is 2. The van der Waals surface area contributed by atoms with Gasteiger partial charge in [0.2, 0.25) is 0 Å². The van der Waals surface area contributed by atoms with Crippen LogP contribution in [0.25, 0.3) is 10.6 Å². The number of pyridine rings is 1. The first-order valence-corrected chi connectivity index (χ1v) is 10.2. The Hall–Kier alpha value is -1.59. The fourth-order valence-corrected chi connectivity index (χ4v) is 5.04. The van der Waals surface area contributed by atoms with Gasteiger partial charge in [0.1, 0.15) is 22.4 Å². The van der Waals surface area contributed by atoms with Crippen LogP contribution in [0.3, 0.4) is 0 Å². The molecular weight excluding hydrogens is 368 g/mol. The highest BCUT2D eigenvalue weighted by atomic mass is 35.5. The van der Waals surface area contributed by atoms with Crippen LogP contribution < -0.4 is 0 Å². The van der Waals surface area contributed by atoms with Gasteiger partial charge in [0, 0.05) is 22.6 Å². The number of aldehydes is 1. The molecule has 0 saturated heterocycles. The molecule has 1 aliphatic carbocycles. The van der Waals surface area contributed by atoms with Crippen LogP contribution in [0.5, 0.6) is 0 Å². The number of Topliss-reactive ketones (excluding diaryl/α,β-unsaturated/α-hetero) is 1. The number of halogens is 1. The van der Waals surface area contributed by atoms with Crippen LogP contribution in [0.1, 0.15) is 55.2 Å². The van der Waals surface area contributed by atoms with E-state index in [1.165, 1.54) is 11.3 Å². The maximum atomic E-state index is 13.0. The van der Waals surface area contributed by atoms with Crippen LogP contribution in [-0.2, 0) is 16.0 Å². The Morgan fingerprint density at radius 2 is 2.23 bits per heavy atom. The van der Waals surface area contributed by atoms with Gasteiger partial charge in [-0.2, -0.15) is 0 Å². The van der Waals surface area contributed by atoms with Crippen molar-refractivity contribution in [1.29, 1.82) is 0 Å². The van der Waals surface area contributed by atoms with E-state index in [4.69, 9.17) is 16.6 Å². The van der Waals surface area contributed by atoms with Crippen LogP contribution in [0.2, 0.25) is 5.15 Å². The molecule has 0 spiro atoms. The van der Waals surface area contributed by atoms with Crippen LogP contribution in [0, 0.1) is 18.8 Å². The van der Waals surface area contributed by atoms with Gasteiger partial charge in [-0.3, -0.25) is 4.79 Å². The number of thiazole rings is 1. The van der Waals surface area contributed by atoms with Crippen molar-refractivity contribution in [3.8, 4) is 10.6 Å². The molecule has 2 heterocycles. The topological polar surface area (TPSA) is 59.9 Å².